The molecule has 1 aromatic rings. The van der Waals surface area contributed by atoms with Crippen LogP contribution in [0.4, 0.5) is 10.8 Å². The summed E-state index contributed by atoms with van der Waals surface area (Å²) in [6.45, 7) is 6.70. The Hall–Kier alpha value is -0.970. The number of hydrogen-bond donors (Lipinski definition) is 1. The molecular formula is C10H17N3OS. The number of rotatable bonds is 2. The van der Waals surface area contributed by atoms with Crippen LogP contribution in [0.2, 0.25) is 0 Å². The predicted octanol–water partition coefficient (Wildman–Crippen LogP) is 1.83. The number of aromatic nitrogens is 1. The van der Waals surface area contributed by atoms with Crippen LogP contribution < -0.4 is 15.4 Å². The second-order valence-corrected chi connectivity index (χ2v) is 5.02. The van der Waals surface area contributed by atoms with Gasteiger partial charge in [0.05, 0.1) is 7.11 Å². The van der Waals surface area contributed by atoms with Crippen LogP contribution in [0.5, 0.6) is 5.75 Å². The van der Waals surface area contributed by atoms with Crippen molar-refractivity contribution in [1.29, 1.82) is 0 Å². The fourth-order valence-electron chi connectivity index (χ4n) is 1.97. The van der Waals surface area contributed by atoms with Crippen molar-refractivity contribution >= 4 is 22.4 Å². The molecule has 2 N–H and O–H groups in total. The first-order valence-corrected chi connectivity index (χ1v) is 5.95. The Morgan fingerprint density at radius 1 is 1.40 bits per heavy atom. The van der Waals surface area contributed by atoms with Crippen LogP contribution in [-0.4, -0.2) is 24.6 Å². The van der Waals surface area contributed by atoms with E-state index in [9.17, 15) is 0 Å². The van der Waals surface area contributed by atoms with Gasteiger partial charge in [-0.15, -0.1) is 0 Å². The van der Waals surface area contributed by atoms with E-state index in [1.54, 1.807) is 7.11 Å². The van der Waals surface area contributed by atoms with Crippen molar-refractivity contribution in [3.05, 3.63) is 0 Å². The number of nitrogens with two attached hydrogens (primary N) is 1. The Morgan fingerprint density at radius 2 is 2.00 bits per heavy atom. The zero-order chi connectivity index (χ0) is 11.0. The highest BCUT2D eigenvalue weighted by Gasteiger charge is 2.29. The first-order chi connectivity index (χ1) is 7.13. The Bertz CT molecular complexity index is 342. The van der Waals surface area contributed by atoms with Crippen LogP contribution in [0, 0.1) is 11.8 Å². The quantitative estimate of drug-likeness (QED) is 0.837. The van der Waals surface area contributed by atoms with E-state index in [4.69, 9.17) is 10.5 Å². The van der Waals surface area contributed by atoms with Crippen LogP contribution in [0.25, 0.3) is 0 Å². The van der Waals surface area contributed by atoms with Gasteiger partial charge in [0.15, 0.2) is 16.6 Å². The average Bonchev–Trinajstić information content (AvgIpc) is 2.71. The minimum absolute atomic E-state index is 0.504. The second kappa shape index (κ2) is 3.89. The summed E-state index contributed by atoms with van der Waals surface area (Å²) < 4.78 is 9.42. The van der Waals surface area contributed by atoms with Crippen molar-refractivity contribution in [3.8, 4) is 5.75 Å². The molecule has 84 valence electrons. The maximum absolute atomic E-state index is 5.74. The van der Waals surface area contributed by atoms with E-state index in [0.717, 1.165) is 35.7 Å². The lowest BCUT2D eigenvalue weighted by Gasteiger charge is -2.16. The zero-order valence-electron chi connectivity index (χ0n) is 9.36. The molecule has 0 aliphatic carbocycles. The van der Waals surface area contributed by atoms with E-state index in [1.807, 2.05) is 0 Å². The van der Waals surface area contributed by atoms with Gasteiger partial charge < -0.3 is 15.4 Å². The summed E-state index contributed by atoms with van der Waals surface area (Å²) in [5, 5.41) is 1.08. The molecule has 1 fully saturated rings. The molecule has 4 nitrogen and oxygen atoms in total. The van der Waals surface area contributed by atoms with Gasteiger partial charge in [0.25, 0.3) is 0 Å². The first kappa shape index (κ1) is 10.5. The van der Waals surface area contributed by atoms with Crippen molar-refractivity contribution in [2.45, 2.75) is 13.8 Å². The minimum atomic E-state index is 0.504. The third-order valence-electron chi connectivity index (χ3n) is 3.14. The number of anilines is 2. The van der Waals surface area contributed by atoms with Crippen molar-refractivity contribution < 1.29 is 4.74 Å². The lowest BCUT2D eigenvalue weighted by atomic mass is 10.0. The van der Waals surface area contributed by atoms with Crippen LogP contribution in [0.3, 0.4) is 0 Å². The highest BCUT2D eigenvalue weighted by Crippen LogP contribution is 2.41. The van der Waals surface area contributed by atoms with Gasteiger partial charge in [0.2, 0.25) is 0 Å². The fraction of sp³-hybridized carbons (Fsp3) is 0.700. The van der Waals surface area contributed by atoms with E-state index >= 15 is 0 Å². The lowest BCUT2D eigenvalue weighted by Crippen LogP contribution is -2.18. The summed E-state index contributed by atoms with van der Waals surface area (Å²) in [4.78, 5) is 2.32. The molecule has 1 aliphatic rings. The number of nitrogen functional groups attached to an aromatic ring is 1. The molecule has 5 heteroatoms. The SMILES string of the molecule is COc1c(N)nsc1N1CC(C)C(C)C1. The van der Waals surface area contributed by atoms with Gasteiger partial charge in [-0.05, 0) is 23.4 Å². The van der Waals surface area contributed by atoms with Crippen LogP contribution in [0.1, 0.15) is 13.8 Å². The smallest absolute Gasteiger partial charge is 0.197 e. The van der Waals surface area contributed by atoms with Gasteiger partial charge in [0, 0.05) is 13.1 Å². The molecule has 1 aromatic heterocycles. The summed E-state index contributed by atoms with van der Waals surface area (Å²) >= 11 is 1.43. The van der Waals surface area contributed by atoms with Gasteiger partial charge in [-0.2, -0.15) is 4.37 Å². The van der Waals surface area contributed by atoms with Gasteiger partial charge in [-0.3, -0.25) is 0 Å². The molecule has 2 heterocycles. The fourth-order valence-corrected chi connectivity index (χ4v) is 2.78. The van der Waals surface area contributed by atoms with Gasteiger partial charge in [-0.1, -0.05) is 13.8 Å². The molecule has 2 rings (SSSR count). The molecule has 1 saturated heterocycles. The van der Waals surface area contributed by atoms with Crippen molar-refractivity contribution in [2.75, 3.05) is 30.8 Å². The standard InChI is InChI=1S/C10H17N3OS/c1-6-4-13(5-7(6)2)10-8(14-3)9(11)12-15-10/h6-7H,4-5H2,1-3H3,(H2,11,12). The highest BCUT2D eigenvalue weighted by atomic mass is 32.1. The summed E-state index contributed by atoms with van der Waals surface area (Å²) in [6.07, 6.45) is 0. The first-order valence-electron chi connectivity index (χ1n) is 5.17. The van der Waals surface area contributed by atoms with Gasteiger partial charge >= 0.3 is 0 Å². The predicted molar refractivity (Wildman–Crippen MR) is 63.6 cm³/mol. The molecule has 2 atom stereocenters. The zero-order valence-corrected chi connectivity index (χ0v) is 10.2. The third-order valence-corrected chi connectivity index (χ3v) is 4.04. The Balaban J connectivity index is 2.23. The highest BCUT2D eigenvalue weighted by molar-refractivity contribution is 7.11. The average molecular weight is 227 g/mol. The molecule has 2 unspecified atom stereocenters. The van der Waals surface area contributed by atoms with Crippen LogP contribution in [0.15, 0.2) is 0 Å². The van der Waals surface area contributed by atoms with E-state index in [-0.39, 0.29) is 0 Å². The maximum atomic E-state index is 5.74. The topological polar surface area (TPSA) is 51.4 Å². The Morgan fingerprint density at radius 3 is 2.53 bits per heavy atom. The summed E-state index contributed by atoms with van der Waals surface area (Å²) in [5.74, 6) is 2.68. The molecule has 0 aromatic carbocycles. The largest absolute Gasteiger partial charge is 0.490 e. The van der Waals surface area contributed by atoms with Gasteiger partial charge in [0.1, 0.15) is 0 Å². The normalized spacial score (nSPS) is 25.9. The van der Waals surface area contributed by atoms with E-state index in [0.29, 0.717) is 5.82 Å². The van der Waals surface area contributed by atoms with Gasteiger partial charge in [-0.25, -0.2) is 0 Å². The number of methoxy groups -OCH3 is 1. The number of ether oxygens (including phenoxy) is 1. The molecule has 0 bridgehead atoms. The molecular weight excluding hydrogens is 210 g/mol. The maximum Gasteiger partial charge on any atom is 0.197 e. The minimum Gasteiger partial charge on any atom is -0.490 e. The lowest BCUT2D eigenvalue weighted by molar-refractivity contribution is 0.418. The molecule has 1 aliphatic heterocycles. The van der Waals surface area contributed by atoms with Crippen molar-refractivity contribution in [3.63, 3.8) is 0 Å². The van der Waals surface area contributed by atoms with Crippen molar-refractivity contribution in [1.82, 2.24) is 4.37 Å². The molecule has 0 amide bonds. The van der Waals surface area contributed by atoms with Crippen molar-refractivity contribution in [2.24, 2.45) is 11.8 Å². The summed E-state index contributed by atoms with van der Waals surface area (Å²) in [7, 11) is 1.65. The van der Waals surface area contributed by atoms with E-state index in [1.165, 1.54) is 11.5 Å². The Kier molecular flexibility index (Phi) is 2.73. The van der Waals surface area contributed by atoms with Crippen LogP contribution >= 0.6 is 11.5 Å². The number of nitrogens with zero attached hydrogens (tertiary/aromatic N) is 2. The molecule has 0 radical (unpaired) electrons. The third kappa shape index (κ3) is 1.76. The second-order valence-electron chi connectivity index (χ2n) is 4.27. The van der Waals surface area contributed by atoms with Crippen LogP contribution in [-0.2, 0) is 0 Å². The molecule has 15 heavy (non-hydrogen) atoms. The summed E-state index contributed by atoms with van der Waals surface area (Å²) in [6, 6.07) is 0. The Labute approximate surface area is 94.2 Å². The monoisotopic (exact) mass is 227 g/mol. The summed E-state index contributed by atoms with van der Waals surface area (Å²) in [5.41, 5.74) is 5.74. The van der Waals surface area contributed by atoms with E-state index < -0.39 is 0 Å². The van der Waals surface area contributed by atoms with E-state index in [2.05, 4.69) is 23.1 Å². The molecule has 0 saturated carbocycles. The molecule has 0 spiro atoms. The number of hydrogen-bond acceptors (Lipinski definition) is 5.